The first-order valence-corrected chi connectivity index (χ1v) is 8.80. The van der Waals surface area contributed by atoms with E-state index < -0.39 is 0 Å². The summed E-state index contributed by atoms with van der Waals surface area (Å²) in [5, 5.41) is 5.61. The summed E-state index contributed by atoms with van der Waals surface area (Å²) in [7, 11) is 0. The van der Waals surface area contributed by atoms with Gasteiger partial charge in [-0.1, -0.05) is 19.4 Å². The molecule has 0 bridgehead atoms. The molecule has 2 saturated heterocycles. The second-order valence-corrected chi connectivity index (χ2v) is 7.02. The highest BCUT2D eigenvalue weighted by molar-refractivity contribution is 7.10. The standard InChI is InChI=1S/C16H24N2O2S/c1-3-5-13-16(19)18(10-12-7-8-20-11(12)2)15(17-13)14-6-4-9-21-14/h4,6,9,11-13,15,17H,3,5,7-8,10H2,1-2H3. The van der Waals surface area contributed by atoms with Crippen LogP contribution in [-0.4, -0.2) is 36.1 Å². The van der Waals surface area contributed by atoms with Gasteiger partial charge in [-0.05, 0) is 31.2 Å². The van der Waals surface area contributed by atoms with Gasteiger partial charge < -0.3 is 9.64 Å². The summed E-state index contributed by atoms with van der Waals surface area (Å²) in [4.78, 5) is 16.0. The number of hydrogen-bond acceptors (Lipinski definition) is 4. The molecule has 3 heterocycles. The van der Waals surface area contributed by atoms with Gasteiger partial charge in [0.1, 0.15) is 6.17 Å². The number of carbonyl (C=O) groups is 1. The molecule has 4 atom stereocenters. The zero-order valence-electron chi connectivity index (χ0n) is 12.7. The quantitative estimate of drug-likeness (QED) is 0.909. The molecule has 21 heavy (non-hydrogen) atoms. The Labute approximate surface area is 130 Å². The Kier molecular flexibility index (Phi) is 4.62. The molecule has 2 aliphatic rings. The Morgan fingerprint density at radius 2 is 2.38 bits per heavy atom. The average Bonchev–Trinajstić information content (AvgIpc) is 3.17. The fraction of sp³-hybridized carbons (Fsp3) is 0.688. The van der Waals surface area contributed by atoms with Gasteiger partial charge in [0.2, 0.25) is 5.91 Å². The Hall–Kier alpha value is -0.910. The highest BCUT2D eigenvalue weighted by atomic mass is 32.1. The largest absolute Gasteiger partial charge is 0.378 e. The van der Waals surface area contributed by atoms with Gasteiger partial charge in [-0.3, -0.25) is 10.1 Å². The van der Waals surface area contributed by atoms with Crippen LogP contribution >= 0.6 is 11.3 Å². The fourth-order valence-corrected chi connectivity index (χ4v) is 4.12. The predicted octanol–water partition coefficient (Wildman–Crippen LogP) is 2.77. The summed E-state index contributed by atoms with van der Waals surface area (Å²) in [5.41, 5.74) is 0. The molecule has 5 heteroatoms. The van der Waals surface area contributed by atoms with Crippen molar-refractivity contribution in [3.63, 3.8) is 0 Å². The Bertz CT molecular complexity index is 477. The van der Waals surface area contributed by atoms with Crippen LogP contribution in [0.2, 0.25) is 0 Å². The third kappa shape index (κ3) is 3.00. The molecule has 4 nitrogen and oxygen atoms in total. The van der Waals surface area contributed by atoms with Crippen LogP contribution in [0.3, 0.4) is 0 Å². The zero-order valence-corrected chi connectivity index (χ0v) is 13.6. The van der Waals surface area contributed by atoms with E-state index in [1.807, 2.05) is 4.90 Å². The van der Waals surface area contributed by atoms with Gasteiger partial charge in [0.15, 0.2) is 0 Å². The molecule has 4 unspecified atom stereocenters. The molecule has 2 aliphatic heterocycles. The molecule has 1 aromatic heterocycles. The van der Waals surface area contributed by atoms with Gasteiger partial charge >= 0.3 is 0 Å². The van der Waals surface area contributed by atoms with Crippen molar-refractivity contribution in [2.75, 3.05) is 13.2 Å². The van der Waals surface area contributed by atoms with E-state index in [1.165, 1.54) is 4.88 Å². The van der Waals surface area contributed by atoms with E-state index in [9.17, 15) is 4.79 Å². The molecule has 1 aromatic rings. The smallest absolute Gasteiger partial charge is 0.241 e. The second kappa shape index (κ2) is 6.46. The number of amides is 1. The van der Waals surface area contributed by atoms with Gasteiger partial charge in [-0.2, -0.15) is 0 Å². The molecule has 2 fully saturated rings. The topological polar surface area (TPSA) is 41.6 Å². The molecule has 1 N–H and O–H groups in total. The summed E-state index contributed by atoms with van der Waals surface area (Å²) in [6.45, 7) is 5.87. The second-order valence-electron chi connectivity index (χ2n) is 6.04. The van der Waals surface area contributed by atoms with E-state index in [4.69, 9.17) is 4.74 Å². The van der Waals surface area contributed by atoms with Crippen LogP contribution in [0, 0.1) is 5.92 Å². The Balaban J connectivity index is 1.77. The zero-order chi connectivity index (χ0) is 14.8. The van der Waals surface area contributed by atoms with Gasteiger partial charge in [-0.15, -0.1) is 11.3 Å². The van der Waals surface area contributed by atoms with E-state index in [-0.39, 0.29) is 24.2 Å². The lowest BCUT2D eigenvalue weighted by Crippen LogP contribution is -2.37. The third-order valence-corrected chi connectivity index (χ3v) is 5.53. The van der Waals surface area contributed by atoms with E-state index in [0.29, 0.717) is 5.92 Å². The predicted molar refractivity (Wildman–Crippen MR) is 84.1 cm³/mol. The van der Waals surface area contributed by atoms with Crippen LogP contribution < -0.4 is 5.32 Å². The monoisotopic (exact) mass is 308 g/mol. The van der Waals surface area contributed by atoms with E-state index in [0.717, 1.165) is 32.4 Å². The first-order valence-electron chi connectivity index (χ1n) is 7.92. The number of thiophene rings is 1. The molecule has 0 radical (unpaired) electrons. The average molecular weight is 308 g/mol. The van der Waals surface area contributed by atoms with Crippen molar-refractivity contribution < 1.29 is 9.53 Å². The van der Waals surface area contributed by atoms with Crippen molar-refractivity contribution in [1.29, 1.82) is 0 Å². The first kappa shape index (κ1) is 15.0. The minimum absolute atomic E-state index is 0.0280. The molecular formula is C16H24N2O2S. The Morgan fingerprint density at radius 1 is 1.52 bits per heavy atom. The van der Waals surface area contributed by atoms with Crippen LogP contribution in [0.25, 0.3) is 0 Å². The van der Waals surface area contributed by atoms with Crippen LogP contribution in [0.1, 0.15) is 44.2 Å². The highest BCUT2D eigenvalue weighted by Gasteiger charge is 2.41. The molecule has 0 saturated carbocycles. The summed E-state index contributed by atoms with van der Waals surface area (Å²) in [6.07, 6.45) is 3.29. The van der Waals surface area contributed by atoms with Crippen molar-refractivity contribution in [3.8, 4) is 0 Å². The van der Waals surface area contributed by atoms with E-state index >= 15 is 0 Å². The number of ether oxygens (including phenoxy) is 1. The number of hydrogen-bond donors (Lipinski definition) is 1. The maximum Gasteiger partial charge on any atom is 0.241 e. The van der Waals surface area contributed by atoms with Crippen LogP contribution in [0.4, 0.5) is 0 Å². The van der Waals surface area contributed by atoms with Crippen LogP contribution in [0.15, 0.2) is 17.5 Å². The van der Waals surface area contributed by atoms with Gasteiger partial charge in [-0.25, -0.2) is 0 Å². The highest BCUT2D eigenvalue weighted by Crippen LogP contribution is 2.32. The summed E-state index contributed by atoms with van der Waals surface area (Å²) in [6, 6.07) is 4.14. The fourth-order valence-electron chi connectivity index (χ4n) is 3.32. The summed E-state index contributed by atoms with van der Waals surface area (Å²) in [5.74, 6) is 0.716. The molecule has 1 amide bonds. The maximum absolute atomic E-state index is 12.7. The molecule has 0 aliphatic carbocycles. The summed E-state index contributed by atoms with van der Waals surface area (Å²) < 4.78 is 5.66. The molecule has 0 aromatic carbocycles. The molecule has 116 valence electrons. The van der Waals surface area contributed by atoms with Crippen molar-refractivity contribution in [2.45, 2.75) is 51.4 Å². The summed E-state index contributed by atoms with van der Waals surface area (Å²) >= 11 is 1.72. The van der Waals surface area contributed by atoms with Crippen molar-refractivity contribution in [1.82, 2.24) is 10.2 Å². The van der Waals surface area contributed by atoms with Crippen molar-refractivity contribution in [3.05, 3.63) is 22.4 Å². The minimum atomic E-state index is -0.0280. The lowest BCUT2D eigenvalue weighted by molar-refractivity contribution is -0.131. The van der Waals surface area contributed by atoms with Gasteiger partial charge in [0.05, 0.1) is 12.1 Å². The Morgan fingerprint density at radius 3 is 3.00 bits per heavy atom. The van der Waals surface area contributed by atoms with Crippen LogP contribution in [0.5, 0.6) is 0 Å². The van der Waals surface area contributed by atoms with Gasteiger partial charge in [0, 0.05) is 23.9 Å². The van der Waals surface area contributed by atoms with Gasteiger partial charge in [0.25, 0.3) is 0 Å². The SMILES string of the molecule is CCCC1NC(c2cccs2)N(CC2CCOC2C)C1=O. The van der Waals surface area contributed by atoms with Crippen LogP contribution in [-0.2, 0) is 9.53 Å². The lowest BCUT2D eigenvalue weighted by Gasteiger charge is -2.27. The number of rotatable bonds is 5. The van der Waals surface area contributed by atoms with E-state index in [2.05, 4.69) is 36.7 Å². The minimum Gasteiger partial charge on any atom is -0.378 e. The first-order chi connectivity index (χ1) is 10.2. The number of nitrogens with zero attached hydrogens (tertiary/aromatic N) is 1. The third-order valence-electron chi connectivity index (χ3n) is 4.61. The van der Waals surface area contributed by atoms with Crippen molar-refractivity contribution in [2.24, 2.45) is 5.92 Å². The lowest BCUT2D eigenvalue weighted by atomic mass is 10.0. The molecule has 0 spiro atoms. The van der Waals surface area contributed by atoms with E-state index in [1.54, 1.807) is 11.3 Å². The molecule has 3 rings (SSSR count). The number of carbonyl (C=O) groups excluding carboxylic acids is 1. The molecular weight excluding hydrogens is 284 g/mol. The maximum atomic E-state index is 12.7. The van der Waals surface area contributed by atoms with Crippen molar-refractivity contribution >= 4 is 17.2 Å². The normalized spacial score (nSPS) is 33.0. The number of nitrogens with one attached hydrogen (secondary N) is 1.